The van der Waals surface area contributed by atoms with Crippen molar-refractivity contribution >= 4 is 23.5 Å². The van der Waals surface area contributed by atoms with Crippen molar-refractivity contribution < 1.29 is 19.4 Å². The van der Waals surface area contributed by atoms with Gasteiger partial charge in [-0.1, -0.05) is 31.1 Å². The summed E-state index contributed by atoms with van der Waals surface area (Å²) < 4.78 is 10.5. The van der Waals surface area contributed by atoms with Crippen LogP contribution in [-0.4, -0.2) is 51.7 Å². The zero-order chi connectivity index (χ0) is 22.4. The Morgan fingerprint density at radius 1 is 1.33 bits per heavy atom. The maximum atomic E-state index is 11.9. The highest BCUT2D eigenvalue weighted by Gasteiger charge is 2.40. The van der Waals surface area contributed by atoms with E-state index in [2.05, 4.69) is 32.4 Å². The number of alkyl carbamates (subject to hydrolysis) is 1. The van der Waals surface area contributed by atoms with Gasteiger partial charge in [0.1, 0.15) is 11.4 Å². The van der Waals surface area contributed by atoms with Gasteiger partial charge in [-0.3, -0.25) is 0 Å². The number of ether oxygens (including phenoxy) is 2. The minimum atomic E-state index is -1.000. The number of hydrogen-bond acceptors (Lipinski definition) is 7. The fraction of sp³-hybridized carbons (Fsp3) is 0.667. The number of methoxy groups -OCH3 is 1. The quantitative estimate of drug-likeness (QED) is 0.367. The third-order valence-electron chi connectivity index (χ3n) is 4.73. The maximum absolute atomic E-state index is 11.9. The Hall–Kier alpha value is -2.08. The predicted molar refractivity (Wildman–Crippen MR) is 115 cm³/mol. The van der Waals surface area contributed by atoms with Gasteiger partial charge in [0.15, 0.2) is 6.29 Å². The van der Waals surface area contributed by atoms with Crippen molar-refractivity contribution in [1.29, 1.82) is 0 Å². The number of carbonyl (C=O) groups excluding carboxylic acids is 1. The molecule has 1 fully saturated rings. The molecule has 2 rings (SSSR count). The Kier molecular flexibility index (Phi) is 8.30. The molecule has 0 aromatic carbocycles. The highest BCUT2D eigenvalue weighted by atomic mass is 35.5. The number of nitrogens with one attached hydrogen (secondary N) is 2. The molecule has 0 spiro atoms. The van der Waals surface area contributed by atoms with E-state index in [1.807, 2.05) is 0 Å². The summed E-state index contributed by atoms with van der Waals surface area (Å²) in [4.78, 5) is 20.2. The first-order chi connectivity index (χ1) is 14.0. The number of hydrogen-bond donors (Lipinski definition) is 3. The minimum Gasteiger partial charge on any atom is -0.444 e. The molecule has 1 saturated carbocycles. The summed E-state index contributed by atoms with van der Waals surface area (Å²) in [5.74, 6) is 6.35. The number of halogens is 1. The lowest BCUT2D eigenvalue weighted by Crippen LogP contribution is -2.51. The molecule has 0 bridgehead atoms. The normalized spacial score (nSPS) is 17.8. The fourth-order valence-electron chi connectivity index (χ4n) is 3.33. The summed E-state index contributed by atoms with van der Waals surface area (Å²) >= 11 is 6.01. The lowest BCUT2D eigenvalue weighted by Gasteiger charge is -2.41. The van der Waals surface area contributed by atoms with Crippen LogP contribution in [0, 0.1) is 11.8 Å². The van der Waals surface area contributed by atoms with Crippen molar-refractivity contribution in [3.8, 4) is 11.8 Å². The van der Waals surface area contributed by atoms with Gasteiger partial charge < -0.3 is 25.2 Å². The molecular weight excluding hydrogens is 408 g/mol. The molecule has 1 amide bonds. The molecule has 0 aliphatic heterocycles. The molecule has 2 atom stereocenters. The topological polar surface area (TPSA) is 106 Å². The molecule has 8 nitrogen and oxygen atoms in total. The molecule has 166 valence electrons. The van der Waals surface area contributed by atoms with Gasteiger partial charge in [-0.05, 0) is 52.1 Å². The second kappa shape index (κ2) is 10.3. The van der Waals surface area contributed by atoms with Crippen LogP contribution in [0.4, 0.5) is 10.6 Å². The van der Waals surface area contributed by atoms with Crippen LogP contribution in [0.15, 0.2) is 6.20 Å². The van der Waals surface area contributed by atoms with Crippen molar-refractivity contribution in [2.45, 2.75) is 83.3 Å². The van der Waals surface area contributed by atoms with E-state index in [1.165, 1.54) is 13.3 Å². The van der Waals surface area contributed by atoms with E-state index < -0.39 is 29.6 Å². The van der Waals surface area contributed by atoms with Crippen molar-refractivity contribution in [3.05, 3.63) is 17.0 Å². The van der Waals surface area contributed by atoms with Crippen LogP contribution < -0.4 is 10.6 Å². The van der Waals surface area contributed by atoms with Gasteiger partial charge >= 0.3 is 6.09 Å². The summed E-state index contributed by atoms with van der Waals surface area (Å²) in [6.07, 6.45) is 4.46. The van der Waals surface area contributed by atoms with Crippen LogP contribution in [-0.2, 0) is 9.47 Å². The van der Waals surface area contributed by atoms with E-state index in [4.69, 9.17) is 21.1 Å². The summed E-state index contributed by atoms with van der Waals surface area (Å²) in [7, 11) is 1.47. The van der Waals surface area contributed by atoms with Gasteiger partial charge in [0.2, 0.25) is 5.28 Å². The van der Waals surface area contributed by atoms with Gasteiger partial charge in [-0.15, -0.1) is 0 Å². The Morgan fingerprint density at radius 3 is 2.60 bits per heavy atom. The van der Waals surface area contributed by atoms with E-state index in [0.29, 0.717) is 11.4 Å². The predicted octanol–water partition coefficient (Wildman–Crippen LogP) is 3.47. The molecule has 1 unspecified atom stereocenters. The largest absolute Gasteiger partial charge is 0.444 e. The number of nitrogens with zero attached hydrogens (tertiary/aromatic N) is 2. The van der Waals surface area contributed by atoms with Crippen LogP contribution in [0.3, 0.4) is 0 Å². The van der Waals surface area contributed by atoms with Crippen molar-refractivity contribution in [2.75, 3.05) is 12.4 Å². The van der Waals surface area contributed by atoms with Crippen LogP contribution in [0.5, 0.6) is 0 Å². The number of aliphatic hydroxyl groups is 1. The third-order valence-corrected chi connectivity index (χ3v) is 4.91. The van der Waals surface area contributed by atoms with Gasteiger partial charge in [-0.25, -0.2) is 9.78 Å². The van der Waals surface area contributed by atoms with Gasteiger partial charge in [0.25, 0.3) is 0 Å². The molecule has 1 heterocycles. The Labute approximate surface area is 183 Å². The zero-order valence-corrected chi connectivity index (χ0v) is 19.0. The second-order valence-corrected chi connectivity index (χ2v) is 8.81. The molecule has 3 N–H and O–H groups in total. The highest BCUT2D eigenvalue weighted by Crippen LogP contribution is 2.35. The first-order valence-corrected chi connectivity index (χ1v) is 10.4. The second-order valence-electron chi connectivity index (χ2n) is 8.47. The standard InChI is InChI=1S/C21H31ClN4O4/c1-14(24-19(28)30-20(2,3)4)9-10-15-13-23-18(22)25-16(15)26-21(17(27)29-5)11-7-6-8-12-21/h13-14,17,27H,6-8,11-12H2,1-5H3,(H,24,28)(H,23,25,26)/t14-,17?/m0/s1. The Balaban J connectivity index is 2.21. The fourth-order valence-corrected chi connectivity index (χ4v) is 3.46. The summed E-state index contributed by atoms with van der Waals surface area (Å²) in [5, 5.41) is 16.6. The number of anilines is 1. The number of carbonyl (C=O) groups is 1. The molecule has 9 heteroatoms. The lowest BCUT2D eigenvalue weighted by atomic mass is 9.81. The molecule has 0 radical (unpaired) electrons. The van der Waals surface area contributed by atoms with Crippen LogP contribution in [0.25, 0.3) is 0 Å². The number of rotatable bonds is 5. The SMILES string of the molecule is COC(O)C1(Nc2nc(Cl)ncc2C#C[C@H](C)NC(=O)OC(C)(C)C)CCCCC1. The third kappa shape index (κ3) is 7.01. The first-order valence-electron chi connectivity index (χ1n) is 10.1. The van der Waals surface area contributed by atoms with E-state index in [9.17, 15) is 9.90 Å². The number of aliphatic hydroxyl groups excluding tert-OH is 1. The number of aromatic nitrogens is 2. The van der Waals surface area contributed by atoms with Gasteiger partial charge in [0, 0.05) is 13.3 Å². The smallest absolute Gasteiger partial charge is 0.408 e. The first kappa shape index (κ1) is 24.2. The lowest BCUT2D eigenvalue weighted by molar-refractivity contribution is -0.125. The van der Waals surface area contributed by atoms with Crippen LogP contribution in [0.2, 0.25) is 5.28 Å². The Bertz CT molecular complexity index is 794. The van der Waals surface area contributed by atoms with E-state index in [-0.39, 0.29) is 5.28 Å². The summed E-state index contributed by atoms with van der Waals surface area (Å²) in [5.41, 5.74) is -0.762. The molecule has 0 saturated heterocycles. The zero-order valence-electron chi connectivity index (χ0n) is 18.2. The van der Waals surface area contributed by atoms with Crippen molar-refractivity contribution in [1.82, 2.24) is 15.3 Å². The van der Waals surface area contributed by atoms with Crippen LogP contribution >= 0.6 is 11.6 Å². The molecule has 1 aliphatic carbocycles. The summed E-state index contributed by atoms with van der Waals surface area (Å²) in [6, 6.07) is -0.461. The maximum Gasteiger partial charge on any atom is 0.408 e. The van der Waals surface area contributed by atoms with Gasteiger partial charge in [0.05, 0.1) is 17.1 Å². The van der Waals surface area contributed by atoms with E-state index in [0.717, 1.165) is 32.1 Å². The minimum absolute atomic E-state index is 0.0702. The molecular formula is C21H31ClN4O4. The van der Waals surface area contributed by atoms with E-state index in [1.54, 1.807) is 27.7 Å². The molecule has 1 aliphatic rings. The summed E-state index contributed by atoms with van der Waals surface area (Å²) in [6.45, 7) is 7.13. The van der Waals surface area contributed by atoms with Crippen molar-refractivity contribution in [2.24, 2.45) is 0 Å². The van der Waals surface area contributed by atoms with E-state index >= 15 is 0 Å². The number of amides is 1. The molecule has 1 aromatic rings. The monoisotopic (exact) mass is 438 g/mol. The molecule has 1 aromatic heterocycles. The highest BCUT2D eigenvalue weighted by molar-refractivity contribution is 6.28. The average Bonchev–Trinajstić information content (AvgIpc) is 2.65. The average molecular weight is 439 g/mol. The van der Waals surface area contributed by atoms with Crippen LogP contribution in [0.1, 0.15) is 65.4 Å². The molecule has 30 heavy (non-hydrogen) atoms. The van der Waals surface area contributed by atoms with Crippen molar-refractivity contribution in [3.63, 3.8) is 0 Å². The Morgan fingerprint density at radius 2 is 2.00 bits per heavy atom. The van der Waals surface area contributed by atoms with Gasteiger partial charge in [-0.2, -0.15) is 4.98 Å².